The van der Waals surface area contributed by atoms with Crippen molar-refractivity contribution in [3.8, 4) is 6.07 Å². The van der Waals surface area contributed by atoms with Gasteiger partial charge in [-0.05, 0) is 31.5 Å². The van der Waals surface area contributed by atoms with Gasteiger partial charge in [-0.1, -0.05) is 13.8 Å². The zero-order chi connectivity index (χ0) is 14.6. The first kappa shape index (κ1) is 15.5. The normalized spacial score (nSPS) is 13.2. The molecule has 1 aromatic carbocycles. The molecular weight excluding hydrogens is 262 g/mol. The van der Waals surface area contributed by atoms with Crippen molar-refractivity contribution in [3.05, 3.63) is 23.8 Å². The third-order valence-corrected chi connectivity index (χ3v) is 5.28. The number of benzene rings is 1. The van der Waals surface area contributed by atoms with Crippen molar-refractivity contribution >= 4 is 15.7 Å². The molecule has 0 radical (unpaired) electrons. The van der Waals surface area contributed by atoms with E-state index in [2.05, 4.69) is 0 Å². The highest BCUT2D eigenvalue weighted by Gasteiger charge is 2.28. The lowest BCUT2D eigenvalue weighted by Gasteiger charge is -2.26. The summed E-state index contributed by atoms with van der Waals surface area (Å²) >= 11 is 0. The van der Waals surface area contributed by atoms with Crippen LogP contribution in [0, 0.1) is 11.3 Å². The van der Waals surface area contributed by atoms with Gasteiger partial charge in [-0.15, -0.1) is 0 Å². The zero-order valence-electron chi connectivity index (χ0n) is 11.4. The van der Waals surface area contributed by atoms with Crippen LogP contribution >= 0.6 is 0 Å². The Morgan fingerprint density at radius 3 is 2.47 bits per heavy atom. The predicted molar refractivity (Wildman–Crippen MR) is 74.9 cm³/mol. The van der Waals surface area contributed by atoms with E-state index in [1.165, 1.54) is 22.5 Å². The average molecular weight is 281 g/mol. The van der Waals surface area contributed by atoms with E-state index in [0.29, 0.717) is 12.1 Å². The van der Waals surface area contributed by atoms with Crippen LogP contribution in [0.2, 0.25) is 0 Å². The second kappa shape index (κ2) is 6.04. The first-order valence-electron chi connectivity index (χ1n) is 6.19. The largest absolute Gasteiger partial charge is 0.398 e. The minimum absolute atomic E-state index is 0.0636. The Hall–Kier alpha value is -1.58. The smallest absolute Gasteiger partial charge is 0.245 e. The number of hydrogen-bond donors (Lipinski definition) is 1. The van der Waals surface area contributed by atoms with Crippen LogP contribution in [0.1, 0.15) is 32.8 Å². The van der Waals surface area contributed by atoms with Gasteiger partial charge < -0.3 is 5.73 Å². The summed E-state index contributed by atoms with van der Waals surface area (Å²) < 4.78 is 26.5. The molecule has 0 aromatic heterocycles. The molecule has 0 spiro atoms. The fourth-order valence-electron chi connectivity index (χ4n) is 1.90. The van der Waals surface area contributed by atoms with E-state index in [0.717, 1.165) is 6.42 Å². The molecule has 0 saturated heterocycles. The van der Waals surface area contributed by atoms with Crippen LogP contribution < -0.4 is 5.73 Å². The molecule has 0 bridgehead atoms. The number of hydrogen-bond acceptors (Lipinski definition) is 4. The van der Waals surface area contributed by atoms with E-state index in [1.54, 1.807) is 6.92 Å². The Kier molecular flexibility index (Phi) is 4.92. The molecule has 0 fully saturated rings. The van der Waals surface area contributed by atoms with Gasteiger partial charge in [0.2, 0.25) is 10.0 Å². The minimum Gasteiger partial charge on any atom is -0.398 e. The number of nitrogens with two attached hydrogens (primary N) is 1. The van der Waals surface area contributed by atoms with E-state index in [-0.39, 0.29) is 16.6 Å². The topological polar surface area (TPSA) is 87.2 Å². The number of nitrogen functional groups attached to an aromatic ring is 1. The van der Waals surface area contributed by atoms with Gasteiger partial charge in [0.05, 0.1) is 17.3 Å². The molecule has 1 unspecified atom stereocenters. The summed E-state index contributed by atoms with van der Waals surface area (Å²) in [5, 5.41) is 8.77. The monoisotopic (exact) mass is 281 g/mol. The summed E-state index contributed by atoms with van der Waals surface area (Å²) in [6.45, 7) is 5.98. The van der Waals surface area contributed by atoms with Crippen molar-refractivity contribution in [2.75, 3.05) is 12.3 Å². The number of nitriles is 1. The van der Waals surface area contributed by atoms with Crippen molar-refractivity contribution < 1.29 is 8.42 Å². The van der Waals surface area contributed by atoms with Crippen LogP contribution in [-0.4, -0.2) is 25.3 Å². The third kappa shape index (κ3) is 3.06. The summed E-state index contributed by atoms with van der Waals surface area (Å²) in [5.74, 6) is 0. The maximum Gasteiger partial charge on any atom is 0.245 e. The van der Waals surface area contributed by atoms with Crippen LogP contribution in [0.4, 0.5) is 5.69 Å². The average Bonchev–Trinajstić information content (AvgIpc) is 2.38. The lowest BCUT2D eigenvalue weighted by Crippen LogP contribution is -2.38. The molecule has 1 rings (SSSR count). The molecule has 0 amide bonds. The van der Waals surface area contributed by atoms with Gasteiger partial charge in [0.15, 0.2) is 0 Å². The third-order valence-electron chi connectivity index (χ3n) is 3.12. The lowest BCUT2D eigenvalue weighted by atomic mass is 10.2. The number of nitrogens with zero attached hydrogens (tertiary/aromatic N) is 2. The van der Waals surface area contributed by atoms with Gasteiger partial charge in [-0.3, -0.25) is 0 Å². The van der Waals surface area contributed by atoms with Crippen LogP contribution in [0.15, 0.2) is 23.1 Å². The Morgan fingerprint density at radius 1 is 1.42 bits per heavy atom. The van der Waals surface area contributed by atoms with Crippen molar-refractivity contribution in [1.29, 1.82) is 5.26 Å². The first-order valence-corrected chi connectivity index (χ1v) is 7.63. The molecule has 0 aliphatic carbocycles. The maximum absolute atomic E-state index is 12.5. The molecule has 2 N–H and O–H groups in total. The Labute approximate surface area is 114 Å². The van der Waals surface area contributed by atoms with E-state index < -0.39 is 10.0 Å². The summed E-state index contributed by atoms with van der Waals surface area (Å²) in [6, 6.07) is 6.09. The predicted octanol–water partition coefficient (Wildman–Crippen LogP) is 1.95. The highest BCUT2D eigenvalue weighted by atomic mass is 32.2. The van der Waals surface area contributed by atoms with Crippen LogP contribution in [0.3, 0.4) is 0 Å². The molecular formula is C13H19N3O2S. The second-order valence-corrected chi connectivity index (χ2v) is 6.19. The van der Waals surface area contributed by atoms with E-state index >= 15 is 0 Å². The molecule has 6 heteroatoms. The van der Waals surface area contributed by atoms with Gasteiger partial charge in [-0.2, -0.15) is 9.57 Å². The molecule has 19 heavy (non-hydrogen) atoms. The quantitative estimate of drug-likeness (QED) is 0.836. The van der Waals surface area contributed by atoms with E-state index in [1.807, 2.05) is 19.9 Å². The Balaban J connectivity index is 3.31. The minimum atomic E-state index is -3.62. The van der Waals surface area contributed by atoms with Gasteiger partial charge in [0, 0.05) is 12.6 Å². The molecule has 0 heterocycles. The van der Waals surface area contributed by atoms with Gasteiger partial charge in [0.1, 0.15) is 4.90 Å². The molecule has 0 aliphatic heterocycles. The zero-order valence-corrected chi connectivity index (χ0v) is 12.2. The van der Waals surface area contributed by atoms with Gasteiger partial charge in [0.25, 0.3) is 0 Å². The van der Waals surface area contributed by atoms with E-state index in [9.17, 15) is 8.42 Å². The standard InChI is InChI=1S/C13H19N3O2S/c1-4-10(3)16(5-2)19(17,18)13-7-6-11(9-14)8-12(13)15/h6-8,10H,4-5,15H2,1-3H3. The van der Waals surface area contributed by atoms with Gasteiger partial charge in [-0.25, -0.2) is 8.42 Å². The fourth-order valence-corrected chi connectivity index (χ4v) is 3.71. The molecule has 104 valence electrons. The fraction of sp³-hybridized carbons (Fsp3) is 0.462. The molecule has 0 aliphatic rings. The Morgan fingerprint density at radius 2 is 2.05 bits per heavy atom. The van der Waals surface area contributed by atoms with Crippen molar-refractivity contribution in [1.82, 2.24) is 4.31 Å². The SMILES string of the molecule is CCC(C)N(CC)S(=O)(=O)c1ccc(C#N)cc1N. The van der Waals surface area contributed by atoms with Crippen LogP contribution in [0.25, 0.3) is 0 Å². The van der Waals surface area contributed by atoms with Crippen molar-refractivity contribution in [2.24, 2.45) is 0 Å². The van der Waals surface area contributed by atoms with Crippen LogP contribution in [-0.2, 0) is 10.0 Å². The van der Waals surface area contributed by atoms with Crippen LogP contribution in [0.5, 0.6) is 0 Å². The second-order valence-electron chi connectivity index (χ2n) is 4.33. The molecule has 1 atom stereocenters. The number of sulfonamides is 1. The summed E-state index contributed by atoms with van der Waals surface area (Å²) in [7, 11) is -3.62. The van der Waals surface area contributed by atoms with Crippen molar-refractivity contribution in [3.63, 3.8) is 0 Å². The van der Waals surface area contributed by atoms with E-state index in [4.69, 9.17) is 11.0 Å². The molecule has 1 aromatic rings. The lowest BCUT2D eigenvalue weighted by molar-refractivity contribution is 0.342. The maximum atomic E-state index is 12.5. The highest BCUT2D eigenvalue weighted by molar-refractivity contribution is 7.89. The first-order chi connectivity index (χ1) is 8.88. The number of anilines is 1. The number of rotatable bonds is 5. The summed E-state index contributed by atoms with van der Waals surface area (Å²) in [4.78, 5) is 0.0636. The summed E-state index contributed by atoms with van der Waals surface area (Å²) in [5.41, 5.74) is 6.22. The summed E-state index contributed by atoms with van der Waals surface area (Å²) in [6.07, 6.45) is 0.725. The Bertz CT molecular complexity index is 590. The molecule has 5 nitrogen and oxygen atoms in total. The van der Waals surface area contributed by atoms with Gasteiger partial charge >= 0.3 is 0 Å². The van der Waals surface area contributed by atoms with Crippen molar-refractivity contribution in [2.45, 2.75) is 38.1 Å². The molecule has 0 saturated carbocycles. The highest BCUT2D eigenvalue weighted by Crippen LogP contribution is 2.25.